The van der Waals surface area contributed by atoms with E-state index in [4.69, 9.17) is 11.6 Å². The van der Waals surface area contributed by atoms with Crippen LogP contribution < -0.4 is 5.32 Å². The van der Waals surface area contributed by atoms with E-state index in [0.29, 0.717) is 0 Å². The van der Waals surface area contributed by atoms with Gasteiger partial charge in [-0.2, -0.15) is 0 Å². The van der Waals surface area contributed by atoms with Gasteiger partial charge in [-0.05, 0) is 37.1 Å². The predicted octanol–water partition coefficient (Wildman–Crippen LogP) is 3.54. The predicted molar refractivity (Wildman–Crippen MR) is 70.0 cm³/mol. The zero-order valence-electron chi connectivity index (χ0n) is 9.67. The lowest BCUT2D eigenvalue weighted by molar-refractivity contribution is 0.424. The summed E-state index contributed by atoms with van der Waals surface area (Å²) in [7, 11) is 0. The molecule has 1 N–H and O–H groups in total. The van der Waals surface area contributed by atoms with Gasteiger partial charge in [0.15, 0.2) is 0 Å². The summed E-state index contributed by atoms with van der Waals surface area (Å²) in [5, 5.41) is 4.30. The third-order valence-corrected chi connectivity index (χ3v) is 3.57. The minimum Gasteiger partial charge on any atom is -0.316 e. The fraction of sp³-hybridized carbons (Fsp3) is 0.429. The number of halogens is 1. The van der Waals surface area contributed by atoms with Crippen molar-refractivity contribution in [1.29, 1.82) is 0 Å². The molecular formula is C14H18ClN. The molecule has 0 saturated heterocycles. The van der Waals surface area contributed by atoms with Crippen molar-refractivity contribution in [2.75, 3.05) is 13.1 Å². The molecule has 0 aromatic heterocycles. The average Bonchev–Trinajstić information content (AvgIpc) is 2.76. The lowest BCUT2D eigenvalue weighted by Crippen LogP contribution is -2.36. The van der Waals surface area contributed by atoms with E-state index in [2.05, 4.69) is 36.5 Å². The maximum Gasteiger partial charge on any atom is 0.0408 e. The third-order valence-electron chi connectivity index (χ3n) is 3.33. The summed E-state index contributed by atoms with van der Waals surface area (Å²) < 4.78 is 0. The molecule has 1 aromatic rings. The van der Waals surface area contributed by atoms with E-state index in [1.54, 1.807) is 0 Å². The van der Waals surface area contributed by atoms with Crippen LogP contribution in [0.4, 0.5) is 0 Å². The van der Waals surface area contributed by atoms with Crippen LogP contribution in [0.5, 0.6) is 0 Å². The molecule has 0 fully saturated rings. The Morgan fingerprint density at radius 3 is 2.69 bits per heavy atom. The van der Waals surface area contributed by atoms with Gasteiger partial charge in [-0.3, -0.25) is 0 Å². The molecule has 0 bridgehead atoms. The zero-order chi connectivity index (χ0) is 11.4. The van der Waals surface area contributed by atoms with Crippen molar-refractivity contribution in [3.63, 3.8) is 0 Å². The van der Waals surface area contributed by atoms with Crippen molar-refractivity contribution >= 4 is 11.6 Å². The second-order valence-corrected chi connectivity index (χ2v) is 4.89. The molecule has 0 aliphatic heterocycles. The molecule has 2 rings (SSSR count). The fourth-order valence-corrected chi connectivity index (χ4v) is 2.56. The number of rotatable bonds is 4. The van der Waals surface area contributed by atoms with Crippen molar-refractivity contribution in [3.05, 3.63) is 47.0 Å². The van der Waals surface area contributed by atoms with Crippen molar-refractivity contribution in [2.24, 2.45) is 0 Å². The number of hydrogen-bond donors (Lipinski definition) is 1. The van der Waals surface area contributed by atoms with Crippen molar-refractivity contribution in [3.8, 4) is 0 Å². The van der Waals surface area contributed by atoms with Gasteiger partial charge in [0.2, 0.25) is 0 Å². The van der Waals surface area contributed by atoms with Crippen LogP contribution >= 0.6 is 11.6 Å². The van der Waals surface area contributed by atoms with Gasteiger partial charge in [0.1, 0.15) is 0 Å². The smallest absolute Gasteiger partial charge is 0.0408 e. The van der Waals surface area contributed by atoms with Gasteiger partial charge in [-0.25, -0.2) is 0 Å². The second kappa shape index (κ2) is 5.03. The van der Waals surface area contributed by atoms with E-state index >= 15 is 0 Å². The number of benzene rings is 1. The van der Waals surface area contributed by atoms with Gasteiger partial charge < -0.3 is 5.32 Å². The summed E-state index contributed by atoms with van der Waals surface area (Å²) in [6, 6.07) is 8.28. The first-order valence-electron chi connectivity index (χ1n) is 5.89. The van der Waals surface area contributed by atoms with Crippen LogP contribution in [0.25, 0.3) is 0 Å². The Labute approximate surface area is 103 Å². The van der Waals surface area contributed by atoms with Gasteiger partial charge in [0.05, 0.1) is 0 Å². The summed E-state index contributed by atoms with van der Waals surface area (Å²) in [4.78, 5) is 0. The van der Waals surface area contributed by atoms with E-state index in [1.807, 2.05) is 12.1 Å². The largest absolute Gasteiger partial charge is 0.316 e. The zero-order valence-corrected chi connectivity index (χ0v) is 10.4. The monoisotopic (exact) mass is 235 g/mol. The average molecular weight is 236 g/mol. The third kappa shape index (κ3) is 2.31. The SMILES string of the molecule is CCNCC1(c2cccc(Cl)c2)CC=CC1. The molecule has 2 heteroatoms. The molecule has 0 radical (unpaired) electrons. The highest BCUT2D eigenvalue weighted by molar-refractivity contribution is 6.30. The Balaban J connectivity index is 2.25. The summed E-state index contributed by atoms with van der Waals surface area (Å²) in [5.74, 6) is 0. The molecule has 1 nitrogen and oxygen atoms in total. The Morgan fingerprint density at radius 1 is 1.31 bits per heavy atom. The summed E-state index contributed by atoms with van der Waals surface area (Å²) in [6.45, 7) is 4.19. The molecule has 0 amide bonds. The Kier molecular flexibility index (Phi) is 3.67. The first kappa shape index (κ1) is 11.7. The molecule has 16 heavy (non-hydrogen) atoms. The first-order valence-corrected chi connectivity index (χ1v) is 6.26. The van der Waals surface area contributed by atoms with Crippen LogP contribution in [0.15, 0.2) is 36.4 Å². The van der Waals surface area contributed by atoms with Crippen molar-refractivity contribution in [1.82, 2.24) is 5.32 Å². The quantitative estimate of drug-likeness (QED) is 0.788. The number of nitrogens with one attached hydrogen (secondary N) is 1. The summed E-state index contributed by atoms with van der Waals surface area (Å²) >= 11 is 6.08. The highest BCUT2D eigenvalue weighted by Gasteiger charge is 2.32. The fourth-order valence-electron chi connectivity index (χ4n) is 2.37. The Bertz CT molecular complexity index is 376. The van der Waals surface area contributed by atoms with E-state index in [-0.39, 0.29) is 5.41 Å². The Hall–Kier alpha value is -0.790. The minimum absolute atomic E-state index is 0.223. The van der Waals surface area contributed by atoms with Gasteiger partial charge in [0, 0.05) is 17.0 Å². The van der Waals surface area contributed by atoms with Crippen LogP contribution in [-0.4, -0.2) is 13.1 Å². The molecule has 0 spiro atoms. The van der Waals surface area contributed by atoms with Gasteiger partial charge >= 0.3 is 0 Å². The van der Waals surface area contributed by atoms with Gasteiger partial charge in [-0.1, -0.05) is 42.8 Å². The molecule has 1 aliphatic rings. The van der Waals surface area contributed by atoms with Crippen LogP contribution in [0.2, 0.25) is 5.02 Å². The number of hydrogen-bond acceptors (Lipinski definition) is 1. The van der Waals surface area contributed by atoms with Crippen LogP contribution in [0.3, 0.4) is 0 Å². The molecule has 1 aliphatic carbocycles. The molecular weight excluding hydrogens is 218 g/mol. The highest BCUT2D eigenvalue weighted by Crippen LogP contribution is 2.37. The lowest BCUT2D eigenvalue weighted by Gasteiger charge is -2.30. The van der Waals surface area contributed by atoms with Crippen LogP contribution in [0.1, 0.15) is 25.3 Å². The van der Waals surface area contributed by atoms with E-state index in [0.717, 1.165) is 31.0 Å². The molecule has 0 unspecified atom stereocenters. The van der Waals surface area contributed by atoms with Gasteiger partial charge in [0.25, 0.3) is 0 Å². The minimum atomic E-state index is 0.223. The van der Waals surface area contributed by atoms with E-state index < -0.39 is 0 Å². The Morgan fingerprint density at radius 2 is 2.06 bits per heavy atom. The number of likely N-dealkylation sites (N-methyl/N-ethyl adjacent to an activating group) is 1. The number of allylic oxidation sites excluding steroid dienone is 2. The maximum atomic E-state index is 6.08. The van der Waals surface area contributed by atoms with Crippen LogP contribution in [-0.2, 0) is 5.41 Å². The molecule has 0 heterocycles. The lowest BCUT2D eigenvalue weighted by atomic mass is 9.78. The molecule has 0 atom stereocenters. The van der Waals surface area contributed by atoms with Crippen molar-refractivity contribution in [2.45, 2.75) is 25.2 Å². The van der Waals surface area contributed by atoms with Crippen LogP contribution in [0, 0.1) is 0 Å². The summed E-state index contributed by atoms with van der Waals surface area (Å²) in [5.41, 5.74) is 1.58. The molecule has 86 valence electrons. The van der Waals surface area contributed by atoms with Gasteiger partial charge in [-0.15, -0.1) is 0 Å². The second-order valence-electron chi connectivity index (χ2n) is 4.45. The normalized spacial score (nSPS) is 17.9. The molecule has 0 saturated carbocycles. The maximum absolute atomic E-state index is 6.08. The van der Waals surface area contributed by atoms with Crippen molar-refractivity contribution < 1.29 is 0 Å². The molecule has 1 aromatic carbocycles. The first-order chi connectivity index (χ1) is 7.77. The highest BCUT2D eigenvalue weighted by atomic mass is 35.5. The van der Waals surface area contributed by atoms with E-state index in [1.165, 1.54) is 5.56 Å². The standard InChI is InChI=1S/C14H18ClN/c1-2-16-11-14(8-3-4-9-14)12-6-5-7-13(15)10-12/h3-7,10,16H,2,8-9,11H2,1H3. The topological polar surface area (TPSA) is 12.0 Å². The summed E-state index contributed by atoms with van der Waals surface area (Å²) in [6.07, 6.45) is 6.77. The van der Waals surface area contributed by atoms with E-state index in [9.17, 15) is 0 Å².